The molecule has 0 aliphatic rings. The minimum Gasteiger partial charge on any atom is -0.350 e. The number of benzene rings is 1. The first-order valence-electron chi connectivity index (χ1n) is 9.85. The van der Waals surface area contributed by atoms with Crippen molar-refractivity contribution in [3.05, 3.63) is 51.6 Å². The highest BCUT2D eigenvalue weighted by molar-refractivity contribution is 5.82. The predicted molar refractivity (Wildman–Crippen MR) is 115 cm³/mol. The van der Waals surface area contributed by atoms with Gasteiger partial charge >= 0.3 is 0 Å². The van der Waals surface area contributed by atoms with Crippen LogP contribution in [0.25, 0.3) is 16.6 Å². The molecule has 0 saturated heterocycles. The summed E-state index contributed by atoms with van der Waals surface area (Å²) < 4.78 is 2.90. The lowest BCUT2D eigenvalue weighted by molar-refractivity contribution is -0.123. The lowest BCUT2D eigenvalue weighted by atomic mass is 10.1. The smallest absolute Gasteiger partial charge is 0.293 e. The van der Waals surface area contributed by atoms with Gasteiger partial charge in [0.2, 0.25) is 5.91 Å². The summed E-state index contributed by atoms with van der Waals surface area (Å²) in [5, 5.41) is 12.6. The predicted octanol–water partition coefficient (Wildman–Crippen LogP) is 3.24. The number of carbonyl (C=O) groups excluding carboxylic acids is 1. The summed E-state index contributed by atoms with van der Waals surface area (Å²) >= 11 is 0. The minimum absolute atomic E-state index is 0.0763. The summed E-state index contributed by atoms with van der Waals surface area (Å²) in [6.45, 7) is 13.7. The van der Waals surface area contributed by atoms with Gasteiger partial charge in [-0.15, -0.1) is 0 Å². The second kappa shape index (κ2) is 7.46. The molecule has 0 atom stereocenters. The zero-order valence-corrected chi connectivity index (χ0v) is 18.2. The normalized spacial score (nSPS) is 12.0. The van der Waals surface area contributed by atoms with Crippen LogP contribution in [0.1, 0.15) is 57.4 Å². The molecule has 2 aromatic heterocycles. The molecule has 2 heterocycles. The van der Waals surface area contributed by atoms with Crippen LogP contribution in [0.5, 0.6) is 0 Å². The van der Waals surface area contributed by atoms with Crippen molar-refractivity contribution in [3.8, 4) is 5.69 Å². The van der Waals surface area contributed by atoms with Crippen LogP contribution >= 0.6 is 0 Å². The van der Waals surface area contributed by atoms with Crippen LogP contribution in [0.15, 0.2) is 29.2 Å². The SMILES string of the molecule is Cc1ccc(-n2ncc3c(C(C)C)nn(CC(=O)NC(C)(C)C)c(=O)c32)cc1C. The number of amides is 1. The molecule has 0 spiro atoms. The number of aryl methyl sites for hydroxylation is 2. The van der Waals surface area contributed by atoms with Crippen LogP contribution in [-0.2, 0) is 11.3 Å². The molecular formula is C22H29N5O2. The Morgan fingerprint density at radius 3 is 2.45 bits per heavy atom. The maximum Gasteiger partial charge on any atom is 0.293 e. The number of fused-ring (bicyclic) bond motifs is 1. The lowest BCUT2D eigenvalue weighted by Crippen LogP contribution is -2.44. The number of aromatic nitrogens is 4. The van der Waals surface area contributed by atoms with E-state index in [9.17, 15) is 9.59 Å². The van der Waals surface area contributed by atoms with Gasteiger partial charge in [0, 0.05) is 10.9 Å². The summed E-state index contributed by atoms with van der Waals surface area (Å²) in [5.74, 6) is -0.175. The van der Waals surface area contributed by atoms with Gasteiger partial charge in [0.05, 0.1) is 17.6 Å². The van der Waals surface area contributed by atoms with E-state index in [1.54, 1.807) is 10.9 Å². The van der Waals surface area contributed by atoms with Crippen molar-refractivity contribution < 1.29 is 4.79 Å². The first-order valence-corrected chi connectivity index (χ1v) is 9.85. The van der Waals surface area contributed by atoms with Gasteiger partial charge in [-0.25, -0.2) is 9.36 Å². The van der Waals surface area contributed by atoms with Crippen LogP contribution < -0.4 is 10.9 Å². The molecule has 0 aliphatic heterocycles. The highest BCUT2D eigenvalue weighted by Gasteiger charge is 2.21. The molecule has 1 N–H and O–H groups in total. The largest absolute Gasteiger partial charge is 0.350 e. The number of carbonyl (C=O) groups is 1. The number of nitrogens with zero attached hydrogens (tertiary/aromatic N) is 4. The van der Waals surface area contributed by atoms with Gasteiger partial charge in [0.25, 0.3) is 5.56 Å². The zero-order chi connectivity index (χ0) is 21.5. The molecule has 3 aromatic rings. The highest BCUT2D eigenvalue weighted by Crippen LogP contribution is 2.23. The summed E-state index contributed by atoms with van der Waals surface area (Å²) in [5.41, 5.74) is 3.58. The Morgan fingerprint density at radius 2 is 1.86 bits per heavy atom. The highest BCUT2D eigenvalue weighted by atomic mass is 16.2. The second-order valence-corrected chi connectivity index (χ2v) is 8.89. The maximum atomic E-state index is 13.3. The first kappa shape index (κ1) is 20.8. The van der Waals surface area contributed by atoms with E-state index in [-0.39, 0.29) is 29.5 Å². The molecule has 0 aliphatic carbocycles. The van der Waals surface area contributed by atoms with Crippen LogP contribution in [0, 0.1) is 13.8 Å². The van der Waals surface area contributed by atoms with Crippen molar-refractivity contribution in [2.75, 3.05) is 0 Å². The number of nitrogens with one attached hydrogen (secondary N) is 1. The molecule has 7 heteroatoms. The average Bonchev–Trinajstić information content (AvgIpc) is 3.03. The molecule has 0 radical (unpaired) electrons. The van der Waals surface area contributed by atoms with Crippen molar-refractivity contribution in [3.63, 3.8) is 0 Å². The van der Waals surface area contributed by atoms with Gasteiger partial charge < -0.3 is 5.32 Å². The standard InChI is InChI=1S/C22H29N5O2/c1-13(2)19-17-11-23-27(16-9-8-14(3)15(4)10-16)20(17)21(29)26(25-19)12-18(28)24-22(5,6)7/h8-11,13H,12H2,1-7H3,(H,24,28). The van der Waals surface area contributed by atoms with E-state index in [1.807, 2.05) is 66.7 Å². The van der Waals surface area contributed by atoms with E-state index in [4.69, 9.17) is 0 Å². The fourth-order valence-corrected chi connectivity index (χ4v) is 3.27. The molecule has 0 fully saturated rings. The fraction of sp³-hybridized carbons (Fsp3) is 0.455. The Balaban J connectivity index is 2.19. The van der Waals surface area contributed by atoms with Gasteiger partial charge in [0.1, 0.15) is 12.1 Å². The van der Waals surface area contributed by atoms with E-state index >= 15 is 0 Å². The van der Waals surface area contributed by atoms with Crippen molar-refractivity contribution in [2.24, 2.45) is 0 Å². The van der Waals surface area contributed by atoms with E-state index in [0.717, 1.165) is 22.3 Å². The minimum atomic E-state index is -0.382. The number of hydrogen-bond donors (Lipinski definition) is 1. The summed E-state index contributed by atoms with van der Waals surface area (Å²) in [6.07, 6.45) is 1.69. The number of rotatable bonds is 4. The van der Waals surface area contributed by atoms with Crippen molar-refractivity contribution in [1.29, 1.82) is 0 Å². The average molecular weight is 396 g/mol. The summed E-state index contributed by atoms with van der Waals surface area (Å²) in [7, 11) is 0. The Morgan fingerprint density at radius 1 is 1.17 bits per heavy atom. The topological polar surface area (TPSA) is 81.8 Å². The van der Waals surface area contributed by atoms with Crippen LogP contribution in [-0.4, -0.2) is 31.0 Å². The van der Waals surface area contributed by atoms with Gasteiger partial charge in [-0.2, -0.15) is 10.2 Å². The van der Waals surface area contributed by atoms with Gasteiger partial charge in [-0.05, 0) is 63.8 Å². The summed E-state index contributed by atoms with van der Waals surface area (Å²) in [6, 6.07) is 5.96. The molecule has 0 unspecified atom stereocenters. The Hall–Kier alpha value is -2.96. The van der Waals surface area contributed by atoms with E-state index in [2.05, 4.69) is 15.5 Å². The van der Waals surface area contributed by atoms with Crippen LogP contribution in [0.4, 0.5) is 0 Å². The van der Waals surface area contributed by atoms with Crippen molar-refractivity contribution in [1.82, 2.24) is 24.9 Å². The molecule has 3 rings (SSSR count). The van der Waals surface area contributed by atoms with Crippen molar-refractivity contribution in [2.45, 2.75) is 66.5 Å². The lowest BCUT2D eigenvalue weighted by Gasteiger charge is -2.21. The van der Waals surface area contributed by atoms with Crippen LogP contribution in [0.3, 0.4) is 0 Å². The Labute approximate surface area is 170 Å². The van der Waals surface area contributed by atoms with E-state index in [1.165, 1.54) is 10.2 Å². The molecular weight excluding hydrogens is 366 g/mol. The molecule has 1 aromatic carbocycles. The van der Waals surface area contributed by atoms with Crippen LogP contribution in [0.2, 0.25) is 0 Å². The van der Waals surface area contributed by atoms with Gasteiger partial charge in [-0.1, -0.05) is 19.9 Å². The third-order valence-electron chi connectivity index (χ3n) is 4.80. The molecule has 0 bridgehead atoms. The Kier molecular flexibility index (Phi) is 5.34. The molecule has 0 saturated carbocycles. The van der Waals surface area contributed by atoms with Gasteiger partial charge in [-0.3, -0.25) is 9.59 Å². The zero-order valence-electron chi connectivity index (χ0n) is 18.2. The van der Waals surface area contributed by atoms with Crippen molar-refractivity contribution >= 4 is 16.8 Å². The fourth-order valence-electron chi connectivity index (χ4n) is 3.27. The monoisotopic (exact) mass is 395 g/mol. The maximum absolute atomic E-state index is 13.3. The van der Waals surface area contributed by atoms with Gasteiger partial charge in [0.15, 0.2) is 0 Å². The quantitative estimate of drug-likeness (QED) is 0.735. The summed E-state index contributed by atoms with van der Waals surface area (Å²) in [4.78, 5) is 25.7. The molecule has 154 valence electrons. The third kappa shape index (κ3) is 4.23. The first-order chi connectivity index (χ1) is 13.5. The Bertz CT molecular complexity index is 1130. The van der Waals surface area contributed by atoms with E-state index < -0.39 is 0 Å². The molecule has 7 nitrogen and oxygen atoms in total. The second-order valence-electron chi connectivity index (χ2n) is 8.89. The molecule has 29 heavy (non-hydrogen) atoms. The molecule has 1 amide bonds. The third-order valence-corrected chi connectivity index (χ3v) is 4.80. The number of hydrogen-bond acceptors (Lipinski definition) is 4. The van der Waals surface area contributed by atoms with E-state index in [0.29, 0.717) is 5.52 Å².